The fourth-order valence-electron chi connectivity index (χ4n) is 3.66. The van der Waals surface area contributed by atoms with Crippen LogP contribution in [0.5, 0.6) is 0 Å². The average Bonchev–Trinajstić information content (AvgIpc) is 3.10. The van der Waals surface area contributed by atoms with Crippen LogP contribution in [-0.2, 0) is 38.1 Å². The Morgan fingerprint density at radius 2 is 2.03 bits per heavy atom. The minimum atomic E-state index is -1.24. The Hall–Kier alpha value is -3.16. The molecule has 4 atom stereocenters. The van der Waals surface area contributed by atoms with Crippen molar-refractivity contribution in [2.75, 3.05) is 6.61 Å². The molecule has 160 valence electrons. The smallest absolute Gasteiger partial charge is 0.334 e. The van der Waals surface area contributed by atoms with Crippen LogP contribution in [0.25, 0.3) is 0 Å². The summed E-state index contributed by atoms with van der Waals surface area (Å²) in [4.78, 5) is 48.3. The van der Waals surface area contributed by atoms with Gasteiger partial charge in [0.05, 0.1) is 5.92 Å². The molecule has 0 N–H and O–H groups in total. The number of rotatable bonds is 4. The third kappa shape index (κ3) is 4.08. The van der Waals surface area contributed by atoms with Crippen molar-refractivity contribution in [1.29, 1.82) is 0 Å². The molecule has 0 aromatic carbocycles. The molecule has 3 heterocycles. The third-order valence-electron chi connectivity index (χ3n) is 5.43. The van der Waals surface area contributed by atoms with Crippen molar-refractivity contribution < 1.29 is 38.1 Å². The van der Waals surface area contributed by atoms with E-state index in [-0.39, 0.29) is 30.0 Å². The quantitative estimate of drug-likeness (QED) is 0.390. The van der Waals surface area contributed by atoms with Crippen LogP contribution in [0.3, 0.4) is 0 Å². The minimum Gasteiger partial charge on any atom is -0.479 e. The molecule has 0 aromatic heterocycles. The number of hydrogen-bond donors (Lipinski definition) is 0. The molecule has 3 aliphatic heterocycles. The second-order valence-corrected chi connectivity index (χ2v) is 7.81. The lowest BCUT2D eigenvalue weighted by Gasteiger charge is -2.31. The van der Waals surface area contributed by atoms with Crippen LogP contribution in [0.1, 0.15) is 34.1 Å². The van der Waals surface area contributed by atoms with Crippen molar-refractivity contribution >= 4 is 23.7 Å². The highest BCUT2D eigenvalue weighted by Gasteiger charge is 2.51. The largest absolute Gasteiger partial charge is 0.479 e. The molecule has 0 radical (unpaired) electrons. The molecule has 0 unspecified atom stereocenters. The Kier molecular flexibility index (Phi) is 5.70. The topological polar surface area (TPSA) is 105 Å². The van der Waals surface area contributed by atoms with Crippen molar-refractivity contribution in [3.8, 4) is 0 Å². The molecule has 3 aliphatic rings. The summed E-state index contributed by atoms with van der Waals surface area (Å²) in [5, 5.41) is 0. The van der Waals surface area contributed by atoms with Gasteiger partial charge in [0.15, 0.2) is 5.60 Å². The van der Waals surface area contributed by atoms with Gasteiger partial charge in [0.25, 0.3) is 0 Å². The summed E-state index contributed by atoms with van der Waals surface area (Å²) in [7, 11) is 0. The van der Waals surface area contributed by atoms with Crippen LogP contribution in [0, 0.1) is 5.92 Å². The molecule has 2 bridgehead atoms. The number of ketones is 1. The van der Waals surface area contributed by atoms with Gasteiger partial charge in [0, 0.05) is 30.6 Å². The van der Waals surface area contributed by atoms with E-state index in [4.69, 9.17) is 18.9 Å². The van der Waals surface area contributed by atoms with E-state index >= 15 is 0 Å². The summed E-state index contributed by atoms with van der Waals surface area (Å²) < 4.78 is 21.8. The van der Waals surface area contributed by atoms with Crippen molar-refractivity contribution in [3.63, 3.8) is 0 Å². The highest BCUT2D eigenvalue weighted by molar-refractivity contribution is 6.00. The van der Waals surface area contributed by atoms with Gasteiger partial charge in [-0.05, 0) is 38.5 Å². The Labute approximate surface area is 174 Å². The van der Waals surface area contributed by atoms with Crippen molar-refractivity contribution in [2.45, 2.75) is 51.9 Å². The number of allylic oxidation sites excluding steroid dienone is 1. The lowest BCUT2D eigenvalue weighted by molar-refractivity contribution is -0.153. The highest BCUT2D eigenvalue weighted by atomic mass is 16.6. The first-order valence-electron chi connectivity index (χ1n) is 9.56. The summed E-state index contributed by atoms with van der Waals surface area (Å²) in [6.45, 7) is 9.90. The van der Waals surface area contributed by atoms with Gasteiger partial charge in [0.2, 0.25) is 5.78 Å². The summed E-state index contributed by atoms with van der Waals surface area (Å²) >= 11 is 0. The van der Waals surface area contributed by atoms with Gasteiger partial charge in [0.1, 0.15) is 24.6 Å². The molecule has 0 spiro atoms. The molecule has 0 amide bonds. The van der Waals surface area contributed by atoms with Crippen LogP contribution >= 0.6 is 0 Å². The molecular formula is C22H24O8. The molecule has 1 saturated heterocycles. The van der Waals surface area contributed by atoms with Gasteiger partial charge in [-0.1, -0.05) is 6.58 Å². The first kappa shape index (κ1) is 21.5. The minimum absolute atomic E-state index is 0.0206. The molecular weight excluding hydrogens is 392 g/mol. The summed E-state index contributed by atoms with van der Waals surface area (Å²) in [5.41, 5.74) is -0.205. The lowest BCUT2D eigenvalue weighted by atomic mass is 9.82. The number of carbonyl (C=O) groups excluding carboxylic acids is 4. The third-order valence-corrected chi connectivity index (χ3v) is 5.43. The summed E-state index contributed by atoms with van der Waals surface area (Å²) in [5.74, 6) is -2.22. The van der Waals surface area contributed by atoms with Gasteiger partial charge in [-0.3, -0.25) is 9.59 Å². The molecule has 3 rings (SSSR count). The molecule has 8 nitrogen and oxygen atoms in total. The van der Waals surface area contributed by atoms with Crippen LogP contribution < -0.4 is 0 Å². The van der Waals surface area contributed by atoms with E-state index in [1.807, 2.05) is 0 Å². The predicted octanol–water partition coefficient (Wildman–Crippen LogP) is 2.10. The Morgan fingerprint density at radius 3 is 2.70 bits per heavy atom. The lowest BCUT2D eigenvalue weighted by Crippen LogP contribution is -2.42. The van der Waals surface area contributed by atoms with Gasteiger partial charge in [-0.2, -0.15) is 0 Å². The molecule has 0 aliphatic carbocycles. The number of fused-ring (bicyclic) bond motifs is 3. The monoisotopic (exact) mass is 416 g/mol. The number of carbonyl (C=O) groups is 4. The van der Waals surface area contributed by atoms with Gasteiger partial charge in [-0.25, -0.2) is 9.59 Å². The molecule has 1 fully saturated rings. The first-order chi connectivity index (χ1) is 14.0. The average molecular weight is 416 g/mol. The fourth-order valence-corrected chi connectivity index (χ4v) is 3.66. The first-order valence-corrected chi connectivity index (χ1v) is 9.56. The molecule has 30 heavy (non-hydrogen) atoms. The second kappa shape index (κ2) is 7.93. The standard InChI is InChI=1S/C22H24O8/c1-11(6-7-27-14(4)23)20(25)29-17-10-22(5)18(24)9-15(30-22)12(2)8-16-19(17)13(3)21(26)28-16/h6,8-9,16-17,19H,3,7,10H2,1-2,4-5H3/b11-6+,12-8-/t16-,17+,19+,22-/m1/s1. The van der Waals surface area contributed by atoms with Crippen molar-refractivity contribution in [1.82, 2.24) is 0 Å². The van der Waals surface area contributed by atoms with Crippen LogP contribution in [0.2, 0.25) is 0 Å². The second-order valence-electron chi connectivity index (χ2n) is 7.81. The predicted molar refractivity (Wildman–Crippen MR) is 104 cm³/mol. The highest BCUT2D eigenvalue weighted by Crippen LogP contribution is 2.42. The van der Waals surface area contributed by atoms with Gasteiger partial charge >= 0.3 is 17.9 Å². The maximum atomic E-state index is 12.7. The Morgan fingerprint density at radius 1 is 1.33 bits per heavy atom. The van der Waals surface area contributed by atoms with Crippen LogP contribution in [0.15, 0.2) is 47.3 Å². The van der Waals surface area contributed by atoms with E-state index < -0.39 is 41.6 Å². The van der Waals surface area contributed by atoms with E-state index in [0.717, 1.165) is 0 Å². The van der Waals surface area contributed by atoms with E-state index in [1.54, 1.807) is 19.9 Å². The van der Waals surface area contributed by atoms with Gasteiger partial charge < -0.3 is 18.9 Å². The maximum Gasteiger partial charge on any atom is 0.334 e. The van der Waals surface area contributed by atoms with Crippen LogP contribution in [-0.4, -0.2) is 48.1 Å². The zero-order chi connectivity index (χ0) is 22.2. The number of ether oxygens (including phenoxy) is 4. The zero-order valence-corrected chi connectivity index (χ0v) is 17.4. The Balaban J connectivity index is 1.91. The molecule has 8 heteroatoms. The summed E-state index contributed by atoms with van der Waals surface area (Å²) in [6.07, 6.45) is 2.93. The van der Waals surface area contributed by atoms with E-state index in [9.17, 15) is 19.2 Å². The van der Waals surface area contributed by atoms with Crippen LogP contribution in [0.4, 0.5) is 0 Å². The SMILES string of the molecule is C=C1C(=O)O[C@@H]2/C=C(/C)C3=CC(=O)[C@@](C)(C[C@H](OC(=O)/C(C)=C/COC(C)=O)[C@@H]12)O3. The summed E-state index contributed by atoms with van der Waals surface area (Å²) in [6, 6.07) is 0. The van der Waals surface area contributed by atoms with Gasteiger partial charge in [-0.15, -0.1) is 0 Å². The van der Waals surface area contributed by atoms with E-state index in [0.29, 0.717) is 11.3 Å². The molecule has 0 saturated carbocycles. The normalized spacial score (nSPS) is 32.5. The maximum absolute atomic E-state index is 12.7. The molecule has 0 aromatic rings. The van der Waals surface area contributed by atoms with E-state index in [2.05, 4.69) is 6.58 Å². The Bertz CT molecular complexity index is 921. The fraction of sp³-hybridized carbons (Fsp3) is 0.455. The number of hydrogen-bond acceptors (Lipinski definition) is 8. The zero-order valence-electron chi connectivity index (χ0n) is 17.4. The number of esters is 3. The van der Waals surface area contributed by atoms with Crippen molar-refractivity contribution in [2.24, 2.45) is 5.92 Å². The van der Waals surface area contributed by atoms with Crippen molar-refractivity contribution in [3.05, 3.63) is 47.3 Å². The van der Waals surface area contributed by atoms with E-state index in [1.165, 1.54) is 26.0 Å².